The molecule has 0 aliphatic rings. The molecule has 1 aromatic carbocycles. The fourth-order valence-corrected chi connectivity index (χ4v) is 2.29. The molecule has 0 bridgehead atoms. The lowest BCUT2D eigenvalue weighted by Gasteiger charge is -2.11. The van der Waals surface area contributed by atoms with Crippen LogP contribution in [0.4, 0.5) is 18.9 Å². The summed E-state index contributed by atoms with van der Waals surface area (Å²) in [5, 5.41) is 6.35. The molecule has 10 heteroatoms. The molecule has 134 valence electrons. The lowest BCUT2D eigenvalue weighted by atomic mass is 10.3. The first kappa shape index (κ1) is 17.7. The number of pyridine rings is 1. The van der Waals surface area contributed by atoms with Gasteiger partial charge in [0, 0.05) is 24.3 Å². The van der Waals surface area contributed by atoms with Gasteiger partial charge in [-0.3, -0.25) is 9.78 Å². The molecule has 0 saturated carbocycles. The Morgan fingerprint density at radius 3 is 2.54 bits per heavy atom. The smallest absolute Gasteiger partial charge is 0.404 e. The summed E-state index contributed by atoms with van der Waals surface area (Å²) in [5.74, 6) is -1.10. The quantitative estimate of drug-likeness (QED) is 0.738. The molecule has 0 atom stereocenters. The molecule has 0 spiro atoms. The van der Waals surface area contributed by atoms with Gasteiger partial charge in [0.15, 0.2) is 5.69 Å². The zero-order chi connectivity index (χ0) is 18.7. The lowest BCUT2D eigenvalue weighted by Crippen LogP contribution is -2.17. The number of ether oxygens (including phenoxy) is 1. The zero-order valence-electron chi connectivity index (χ0n) is 12.9. The Bertz CT molecular complexity index is 929. The first-order valence-electron chi connectivity index (χ1n) is 7.14. The van der Waals surface area contributed by atoms with Crippen molar-refractivity contribution < 1.29 is 22.7 Å². The van der Waals surface area contributed by atoms with Gasteiger partial charge in [-0.1, -0.05) is 11.6 Å². The minimum absolute atomic E-state index is 0.119. The van der Waals surface area contributed by atoms with Crippen LogP contribution in [-0.2, 0) is 0 Å². The Morgan fingerprint density at radius 1 is 1.15 bits per heavy atom. The van der Waals surface area contributed by atoms with E-state index < -0.39 is 18.0 Å². The van der Waals surface area contributed by atoms with E-state index in [1.54, 1.807) is 30.7 Å². The van der Waals surface area contributed by atoms with Gasteiger partial charge in [0.05, 0.1) is 10.7 Å². The van der Waals surface area contributed by atoms with Gasteiger partial charge in [-0.05, 0) is 36.4 Å². The second-order valence-corrected chi connectivity index (χ2v) is 5.41. The molecular formula is C16H10ClF3N4O2. The van der Waals surface area contributed by atoms with Crippen LogP contribution >= 0.6 is 11.6 Å². The normalized spacial score (nSPS) is 11.2. The topological polar surface area (TPSA) is 69.0 Å². The second-order valence-electron chi connectivity index (χ2n) is 5.00. The largest absolute Gasteiger partial charge is 0.573 e. The predicted octanol–water partition coefficient (Wildman–Crippen LogP) is 4.07. The second kappa shape index (κ2) is 7.04. The highest BCUT2D eigenvalue weighted by Crippen LogP contribution is 2.32. The molecule has 0 saturated heterocycles. The van der Waals surface area contributed by atoms with Gasteiger partial charge in [0.25, 0.3) is 5.91 Å². The summed E-state index contributed by atoms with van der Waals surface area (Å²) in [4.78, 5) is 16.1. The van der Waals surface area contributed by atoms with Gasteiger partial charge in [0.2, 0.25) is 0 Å². The SMILES string of the molecule is O=C(Nc1ccc(OC(F)(F)F)c(Cl)c1)c1ccn(-c2ccncc2)n1. The molecule has 1 N–H and O–H groups in total. The molecule has 3 aromatic rings. The van der Waals surface area contributed by atoms with Gasteiger partial charge in [0.1, 0.15) is 5.75 Å². The number of aromatic nitrogens is 3. The maximum absolute atomic E-state index is 12.2. The molecule has 0 radical (unpaired) electrons. The van der Waals surface area contributed by atoms with Crippen molar-refractivity contribution in [1.82, 2.24) is 14.8 Å². The van der Waals surface area contributed by atoms with Crippen LogP contribution in [0.1, 0.15) is 10.5 Å². The van der Waals surface area contributed by atoms with E-state index in [4.69, 9.17) is 11.6 Å². The molecule has 0 aliphatic heterocycles. The fourth-order valence-electron chi connectivity index (χ4n) is 2.07. The molecule has 2 aromatic heterocycles. The number of hydrogen-bond acceptors (Lipinski definition) is 4. The highest BCUT2D eigenvalue weighted by molar-refractivity contribution is 6.32. The van der Waals surface area contributed by atoms with Crippen LogP contribution in [-0.4, -0.2) is 27.0 Å². The van der Waals surface area contributed by atoms with Crippen molar-refractivity contribution in [1.29, 1.82) is 0 Å². The van der Waals surface area contributed by atoms with Gasteiger partial charge in [-0.25, -0.2) is 4.68 Å². The third-order valence-electron chi connectivity index (χ3n) is 3.16. The molecular weight excluding hydrogens is 373 g/mol. The summed E-state index contributed by atoms with van der Waals surface area (Å²) in [7, 11) is 0. The Morgan fingerprint density at radius 2 is 1.88 bits per heavy atom. The van der Waals surface area contributed by atoms with Crippen molar-refractivity contribution in [2.75, 3.05) is 5.32 Å². The van der Waals surface area contributed by atoms with E-state index in [0.29, 0.717) is 0 Å². The summed E-state index contributed by atoms with van der Waals surface area (Å²) in [6, 6.07) is 8.34. The van der Waals surface area contributed by atoms with Gasteiger partial charge >= 0.3 is 6.36 Å². The van der Waals surface area contributed by atoms with Crippen molar-refractivity contribution in [3.8, 4) is 11.4 Å². The first-order chi connectivity index (χ1) is 12.3. The molecule has 2 heterocycles. The Balaban J connectivity index is 1.72. The summed E-state index contributed by atoms with van der Waals surface area (Å²) in [5.41, 5.74) is 1.04. The zero-order valence-corrected chi connectivity index (χ0v) is 13.6. The van der Waals surface area contributed by atoms with Crippen molar-refractivity contribution in [2.24, 2.45) is 0 Å². The number of carbonyl (C=O) groups is 1. The Kier molecular flexibility index (Phi) is 4.81. The highest BCUT2D eigenvalue weighted by atomic mass is 35.5. The van der Waals surface area contributed by atoms with Crippen LogP contribution in [0.25, 0.3) is 5.69 Å². The Hall–Kier alpha value is -3.07. The summed E-state index contributed by atoms with van der Waals surface area (Å²) < 4.78 is 41.9. The number of benzene rings is 1. The van der Waals surface area contributed by atoms with E-state index in [1.807, 2.05) is 0 Å². The summed E-state index contributed by atoms with van der Waals surface area (Å²) >= 11 is 5.75. The number of alkyl halides is 3. The van der Waals surface area contributed by atoms with Crippen LogP contribution in [0.5, 0.6) is 5.75 Å². The van der Waals surface area contributed by atoms with Crippen molar-refractivity contribution in [3.63, 3.8) is 0 Å². The van der Waals surface area contributed by atoms with E-state index in [1.165, 1.54) is 16.8 Å². The Labute approximate surface area is 150 Å². The van der Waals surface area contributed by atoms with Gasteiger partial charge < -0.3 is 10.1 Å². The number of rotatable bonds is 4. The number of anilines is 1. The predicted molar refractivity (Wildman–Crippen MR) is 87.4 cm³/mol. The fraction of sp³-hybridized carbons (Fsp3) is 0.0625. The minimum Gasteiger partial charge on any atom is -0.404 e. The monoisotopic (exact) mass is 382 g/mol. The van der Waals surface area contributed by atoms with E-state index >= 15 is 0 Å². The number of carbonyl (C=O) groups excluding carboxylic acids is 1. The van der Waals surface area contributed by atoms with E-state index in [9.17, 15) is 18.0 Å². The maximum atomic E-state index is 12.2. The van der Waals surface area contributed by atoms with Crippen LogP contribution in [0.2, 0.25) is 5.02 Å². The van der Waals surface area contributed by atoms with Crippen LogP contribution in [0, 0.1) is 0 Å². The molecule has 0 unspecified atom stereocenters. The van der Waals surface area contributed by atoms with E-state index in [0.717, 1.165) is 17.8 Å². The molecule has 26 heavy (non-hydrogen) atoms. The number of nitrogens with one attached hydrogen (secondary N) is 1. The van der Waals surface area contributed by atoms with Crippen molar-refractivity contribution in [3.05, 3.63) is 65.7 Å². The molecule has 0 aliphatic carbocycles. The maximum Gasteiger partial charge on any atom is 0.573 e. The van der Waals surface area contributed by atoms with Crippen LogP contribution in [0.15, 0.2) is 55.0 Å². The lowest BCUT2D eigenvalue weighted by molar-refractivity contribution is -0.274. The standard InChI is InChI=1S/C16H10ClF3N4O2/c17-12-9-10(1-2-14(12)26-16(18,19)20)22-15(25)13-5-8-24(23-13)11-3-6-21-7-4-11/h1-9H,(H,22,25). The average molecular weight is 383 g/mol. The summed E-state index contributed by atoms with van der Waals surface area (Å²) in [6.45, 7) is 0. The van der Waals surface area contributed by atoms with E-state index in [2.05, 4.69) is 20.1 Å². The van der Waals surface area contributed by atoms with Crippen LogP contribution in [0.3, 0.4) is 0 Å². The number of nitrogens with zero attached hydrogens (tertiary/aromatic N) is 3. The highest BCUT2D eigenvalue weighted by Gasteiger charge is 2.32. The third-order valence-corrected chi connectivity index (χ3v) is 3.46. The van der Waals surface area contributed by atoms with E-state index in [-0.39, 0.29) is 16.4 Å². The van der Waals surface area contributed by atoms with Crippen LogP contribution < -0.4 is 10.1 Å². The van der Waals surface area contributed by atoms with Crippen molar-refractivity contribution >= 4 is 23.2 Å². The number of amides is 1. The average Bonchev–Trinajstić information content (AvgIpc) is 3.07. The summed E-state index contributed by atoms with van der Waals surface area (Å²) in [6.07, 6.45) is -0.0850. The van der Waals surface area contributed by atoms with Crippen molar-refractivity contribution in [2.45, 2.75) is 6.36 Å². The number of halogens is 4. The molecule has 0 fully saturated rings. The van der Waals surface area contributed by atoms with Gasteiger partial charge in [-0.15, -0.1) is 13.2 Å². The first-order valence-corrected chi connectivity index (χ1v) is 7.52. The minimum atomic E-state index is -4.85. The third kappa shape index (κ3) is 4.31. The number of hydrogen-bond donors (Lipinski definition) is 1. The molecule has 1 amide bonds. The van der Waals surface area contributed by atoms with Gasteiger partial charge in [-0.2, -0.15) is 5.10 Å². The molecule has 3 rings (SSSR count). The molecule has 6 nitrogen and oxygen atoms in total.